The number of fused-ring (bicyclic) bond motifs is 1. The van der Waals surface area contributed by atoms with Crippen LogP contribution in [0.25, 0.3) is 10.9 Å². The zero-order valence-electron chi connectivity index (χ0n) is 16.6. The number of hydrogen-bond acceptors (Lipinski definition) is 5. The number of nitrogens with one attached hydrogen (secondary N) is 1. The molecule has 6 nitrogen and oxygen atoms in total. The van der Waals surface area contributed by atoms with Crippen molar-refractivity contribution in [2.45, 2.75) is 12.8 Å². The van der Waals surface area contributed by atoms with Crippen LogP contribution in [0.3, 0.4) is 0 Å². The van der Waals surface area contributed by atoms with Gasteiger partial charge in [-0.2, -0.15) is 5.26 Å². The molecule has 7 heteroatoms. The van der Waals surface area contributed by atoms with Crippen molar-refractivity contribution in [1.29, 1.82) is 5.26 Å². The lowest BCUT2D eigenvalue weighted by Gasteiger charge is -2.34. The van der Waals surface area contributed by atoms with Gasteiger partial charge >= 0.3 is 0 Å². The molecule has 1 aliphatic heterocycles. The van der Waals surface area contributed by atoms with E-state index in [-0.39, 0.29) is 11.8 Å². The number of pyridine rings is 1. The van der Waals surface area contributed by atoms with Gasteiger partial charge in [-0.3, -0.25) is 9.78 Å². The maximum absolute atomic E-state index is 12.8. The Morgan fingerprint density at radius 2 is 2.03 bits per heavy atom. The summed E-state index contributed by atoms with van der Waals surface area (Å²) < 4.78 is 5.31. The molecule has 2 heterocycles. The lowest BCUT2D eigenvalue weighted by atomic mass is 9.94. The molecule has 2 aromatic carbocycles. The van der Waals surface area contributed by atoms with Crippen molar-refractivity contribution < 1.29 is 9.53 Å². The van der Waals surface area contributed by atoms with Crippen LogP contribution >= 0.6 is 11.6 Å². The number of carbonyl (C=O) groups excluding carboxylic acids is 1. The van der Waals surface area contributed by atoms with Crippen molar-refractivity contribution in [2.24, 2.45) is 5.92 Å². The van der Waals surface area contributed by atoms with Crippen molar-refractivity contribution in [1.82, 2.24) is 4.98 Å². The number of nitrogens with zero attached hydrogens (tertiary/aromatic N) is 3. The Balaban J connectivity index is 1.52. The third-order valence-electron chi connectivity index (χ3n) is 5.47. The highest BCUT2D eigenvalue weighted by Crippen LogP contribution is 2.34. The van der Waals surface area contributed by atoms with Crippen LogP contribution in [0.2, 0.25) is 5.02 Å². The number of rotatable bonds is 4. The molecule has 4 rings (SSSR count). The number of methoxy groups -OCH3 is 1. The van der Waals surface area contributed by atoms with Crippen LogP contribution in [0.4, 0.5) is 11.4 Å². The van der Waals surface area contributed by atoms with Crippen molar-refractivity contribution >= 4 is 39.8 Å². The van der Waals surface area contributed by atoms with Gasteiger partial charge in [-0.1, -0.05) is 23.7 Å². The molecular formula is C23H21ClN4O2. The summed E-state index contributed by atoms with van der Waals surface area (Å²) in [7, 11) is 1.58. The molecule has 0 aliphatic carbocycles. The first kappa shape index (κ1) is 20.0. The van der Waals surface area contributed by atoms with Gasteiger partial charge in [0.1, 0.15) is 11.8 Å². The van der Waals surface area contributed by atoms with E-state index < -0.39 is 0 Å². The SMILES string of the molecule is COc1ccccc1NC(=O)C1CCN(c2c(C#N)cnc3ccc(Cl)cc23)CC1. The Kier molecular flexibility index (Phi) is 5.73. The van der Waals surface area contributed by atoms with E-state index >= 15 is 0 Å². The summed E-state index contributed by atoms with van der Waals surface area (Å²) in [4.78, 5) is 19.3. The second-order valence-corrected chi connectivity index (χ2v) is 7.68. The summed E-state index contributed by atoms with van der Waals surface area (Å²) in [5, 5.41) is 14.1. The molecule has 152 valence electrons. The number of para-hydroxylation sites is 2. The van der Waals surface area contributed by atoms with Crippen LogP contribution < -0.4 is 15.0 Å². The third kappa shape index (κ3) is 3.89. The first-order chi connectivity index (χ1) is 14.6. The lowest BCUT2D eigenvalue weighted by molar-refractivity contribution is -0.120. The number of hydrogen-bond donors (Lipinski definition) is 1. The van der Waals surface area contributed by atoms with E-state index in [4.69, 9.17) is 16.3 Å². The number of anilines is 2. The van der Waals surface area contributed by atoms with E-state index in [1.54, 1.807) is 19.4 Å². The second kappa shape index (κ2) is 8.60. The van der Waals surface area contributed by atoms with Gasteiger partial charge in [-0.15, -0.1) is 0 Å². The van der Waals surface area contributed by atoms with Gasteiger partial charge in [0.25, 0.3) is 0 Å². The highest BCUT2D eigenvalue weighted by Gasteiger charge is 2.27. The fraction of sp³-hybridized carbons (Fsp3) is 0.261. The monoisotopic (exact) mass is 420 g/mol. The molecule has 1 fully saturated rings. The molecule has 0 bridgehead atoms. The van der Waals surface area contributed by atoms with E-state index in [1.165, 1.54) is 0 Å². The quantitative estimate of drug-likeness (QED) is 0.666. The first-order valence-corrected chi connectivity index (χ1v) is 10.2. The third-order valence-corrected chi connectivity index (χ3v) is 5.70. The molecule has 3 aromatic rings. The number of piperidine rings is 1. The Hall–Kier alpha value is -3.30. The molecule has 0 atom stereocenters. The van der Waals surface area contributed by atoms with E-state index in [0.717, 1.165) is 16.6 Å². The van der Waals surface area contributed by atoms with E-state index in [0.29, 0.717) is 48.0 Å². The molecule has 30 heavy (non-hydrogen) atoms. The minimum atomic E-state index is -0.103. The molecule has 0 spiro atoms. The Morgan fingerprint density at radius 1 is 1.27 bits per heavy atom. The molecular weight excluding hydrogens is 400 g/mol. The van der Waals surface area contributed by atoms with Crippen molar-refractivity contribution in [3.8, 4) is 11.8 Å². The van der Waals surface area contributed by atoms with Crippen LogP contribution in [0.1, 0.15) is 18.4 Å². The first-order valence-electron chi connectivity index (χ1n) is 9.78. The summed E-state index contributed by atoms with van der Waals surface area (Å²) in [6.07, 6.45) is 2.98. The molecule has 1 amide bonds. The average Bonchev–Trinajstić information content (AvgIpc) is 2.78. The number of nitriles is 1. The van der Waals surface area contributed by atoms with Gasteiger partial charge in [0.2, 0.25) is 5.91 Å². The van der Waals surface area contributed by atoms with Crippen LogP contribution in [0.5, 0.6) is 5.75 Å². The predicted molar refractivity (Wildman–Crippen MR) is 118 cm³/mol. The summed E-state index contributed by atoms with van der Waals surface area (Å²) in [5.74, 6) is 0.526. The number of benzene rings is 2. The number of ether oxygens (including phenoxy) is 1. The van der Waals surface area contributed by atoms with Gasteiger partial charge in [0.05, 0.1) is 29.6 Å². The van der Waals surface area contributed by atoms with Gasteiger partial charge < -0.3 is 15.0 Å². The highest BCUT2D eigenvalue weighted by molar-refractivity contribution is 6.31. The van der Waals surface area contributed by atoms with Crippen LogP contribution in [-0.4, -0.2) is 31.1 Å². The van der Waals surface area contributed by atoms with Gasteiger partial charge in [0, 0.05) is 35.6 Å². The van der Waals surface area contributed by atoms with Gasteiger partial charge in [-0.25, -0.2) is 0 Å². The normalized spacial score (nSPS) is 14.4. The minimum Gasteiger partial charge on any atom is -0.495 e. The number of aromatic nitrogens is 1. The number of halogens is 1. The van der Waals surface area contributed by atoms with Crippen LogP contribution in [0, 0.1) is 17.2 Å². The summed E-state index contributed by atoms with van der Waals surface area (Å²) in [6.45, 7) is 1.34. The van der Waals surface area contributed by atoms with E-state index in [1.807, 2.05) is 36.4 Å². The van der Waals surface area contributed by atoms with Gasteiger partial charge in [0.15, 0.2) is 0 Å². The molecule has 0 radical (unpaired) electrons. The Bertz CT molecular complexity index is 1130. The van der Waals surface area contributed by atoms with Crippen LogP contribution in [0.15, 0.2) is 48.7 Å². The molecule has 1 aromatic heterocycles. The molecule has 0 saturated carbocycles. The summed E-state index contributed by atoms with van der Waals surface area (Å²) >= 11 is 6.20. The fourth-order valence-electron chi connectivity index (χ4n) is 3.92. The summed E-state index contributed by atoms with van der Waals surface area (Å²) in [5.41, 5.74) is 2.83. The highest BCUT2D eigenvalue weighted by atomic mass is 35.5. The Morgan fingerprint density at radius 3 is 2.77 bits per heavy atom. The molecule has 0 unspecified atom stereocenters. The topological polar surface area (TPSA) is 78.2 Å². The van der Waals surface area contributed by atoms with Gasteiger partial charge in [-0.05, 0) is 43.2 Å². The smallest absolute Gasteiger partial charge is 0.227 e. The predicted octanol–water partition coefficient (Wildman–Crippen LogP) is 4.62. The molecule has 1 saturated heterocycles. The summed E-state index contributed by atoms with van der Waals surface area (Å²) in [6, 6.07) is 15.1. The zero-order chi connectivity index (χ0) is 21.1. The van der Waals surface area contributed by atoms with E-state index in [2.05, 4.69) is 21.3 Å². The van der Waals surface area contributed by atoms with Crippen LogP contribution in [-0.2, 0) is 4.79 Å². The van der Waals surface area contributed by atoms with E-state index in [9.17, 15) is 10.1 Å². The second-order valence-electron chi connectivity index (χ2n) is 7.24. The lowest BCUT2D eigenvalue weighted by Crippen LogP contribution is -2.38. The fourth-order valence-corrected chi connectivity index (χ4v) is 4.09. The largest absolute Gasteiger partial charge is 0.495 e. The number of amides is 1. The molecule has 1 N–H and O–H groups in total. The standard InChI is InChI=1S/C23H21ClN4O2/c1-30-21-5-3-2-4-20(21)27-23(29)15-8-10-28(11-9-15)22-16(13-25)14-26-19-7-6-17(24)12-18(19)22/h2-7,12,14-15H,8-11H2,1H3,(H,27,29). The minimum absolute atomic E-state index is 0.0118. The Labute approximate surface area is 180 Å². The van der Waals surface area contributed by atoms with Crippen molar-refractivity contribution in [2.75, 3.05) is 30.4 Å². The van der Waals surface area contributed by atoms with Crippen molar-refractivity contribution in [3.05, 3.63) is 59.2 Å². The maximum Gasteiger partial charge on any atom is 0.227 e. The zero-order valence-corrected chi connectivity index (χ0v) is 17.3. The maximum atomic E-state index is 12.8. The molecule has 1 aliphatic rings. The average molecular weight is 421 g/mol. The van der Waals surface area contributed by atoms with Crippen molar-refractivity contribution in [3.63, 3.8) is 0 Å². The number of carbonyl (C=O) groups is 1.